The molecule has 49 heavy (non-hydrogen) atoms. The SMILES string of the molecule is C.CCCCCC1CCC(c2ccc(COOC(COC(=O)c3ccc(C4CCC(CCCCC)CC4)cc3)c3ccccc3)cc2)CC1.[HH].[HH]. The Morgan fingerprint density at radius 1 is 0.673 bits per heavy atom. The fourth-order valence-electron chi connectivity index (χ4n) is 7.98. The first-order valence-electron chi connectivity index (χ1n) is 19.3. The zero-order valence-corrected chi connectivity index (χ0v) is 29.8. The van der Waals surface area contributed by atoms with E-state index >= 15 is 0 Å². The number of carbonyl (C=O) groups is 1. The zero-order valence-electron chi connectivity index (χ0n) is 29.8. The van der Waals surface area contributed by atoms with Gasteiger partial charge >= 0.3 is 5.97 Å². The molecule has 0 saturated heterocycles. The lowest BCUT2D eigenvalue weighted by Crippen LogP contribution is -2.16. The average molecular weight is 673 g/mol. The molecule has 2 fully saturated rings. The molecule has 2 aliphatic rings. The third-order valence-electron chi connectivity index (χ3n) is 11.1. The van der Waals surface area contributed by atoms with Crippen molar-refractivity contribution in [1.29, 1.82) is 0 Å². The van der Waals surface area contributed by atoms with Crippen LogP contribution >= 0.6 is 0 Å². The van der Waals surface area contributed by atoms with Crippen molar-refractivity contribution >= 4 is 5.97 Å². The van der Waals surface area contributed by atoms with Crippen LogP contribution < -0.4 is 0 Å². The number of esters is 1. The Balaban J connectivity index is 0.00000300. The summed E-state index contributed by atoms with van der Waals surface area (Å²) in [5, 5.41) is 0. The van der Waals surface area contributed by atoms with Gasteiger partial charge in [0.25, 0.3) is 0 Å². The molecule has 3 aromatic carbocycles. The van der Waals surface area contributed by atoms with Crippen molar-refractivity contribution < 1.29 is 22.2 Å². The summed E-state index contributed by atoms with van der Waals surface area (Å²) in [6.07, 6.45) is 20.9. The lowest BCUT2D eigenvalue weighted by Gasteiger charge is -2.29. The summed E-state index contributed by atoms with van der Waals surface area (Å²) in [7, 11) is 0. The third-order valence-corrected chi connectivity index (χ3v) is 11.1. The zero-order chi connectivity index (χ0) is 33.4. The number of ether oxygens (including phenoxy) is 1. The van der Waals surface area contributed by atoms with E-state index in [1.807, 2.05) is 42.5 Å². The largest absolute Gasteiger partial charge is 0.459 e. The summed E-state index contributed by atoms with van der Waals surface area (Å²) < 4.78 is 5.77. The second-order valence-corrected chi connectivity index (χ2v) is 14.6. The number of rotatable bonds is 18. The number of hydrogen-bond donors (Lipinski definition) is 0. The highest BCUT2D eigenvalue weighted by Crippen LogP contribution is 2.39. The first kappa shape index (κ1) is 38.8. The minimum absolute atomic E-state index is 0. The van der Waals surface area contributed by atoms with Gasteiger partial charge in [-0.05, 0) is 109 Å². The minimum atomic E-state index is -0.520. The smallest absolute Gasteiger partial charge is 0.338 e. The van der Waals surface area contributed by atoms with E-state index in [4.69, 9.17) is 14.5 Å². The van der Waals surface area contributed by atoms with E-state index in [1.165, 1.54) is 114 Å². The van der Waals surface area contributed by atoms with Gasteiger partial charge in [-0.2, -0.15) is 0 Å². The van der Waals surface area contributed by atoms with Crippen LogP contribution in [-0.2, 0) is 21.1 Å². The summed E-state index contributed by atoms with van der Waals surface area (Å²) in [6, 6.07) is 26.8. The van der Waals surface area contributed by atoms with Crippen molar-refractivity contribution in [3.8, 4) is 0 Å². The van der Waals surface area contributed by atoms with E-state index in [9.17, 15) is 4.79 Å². The maximum Gasteiger partial charge on any atom is 0.338 e. The Bertz CT molecular complexity index is 1310. The lowest BCUT2D eigenvalue weighted by atomic mass is 9.77. The normalized spacial score (nSPS) is 21.4. The second-order valence-electron chi connectivity index (χ2n) is 14.6. The topological polar surface area (TPSA) is 44.8 Å². The molecule has 3 aromatic rings. The van der Waals surface area contributed by atoms with Gasteiger partial charge in [0, 0.05) is 2.85 Å². The van der Waals surface area contributed by atoms with E-state index in [0.29, 0.717) is 24.0 Å². The average Bonchev–Trinajstić information content (AvgIpc) is 3.14. The third kappa shape index (κ3) is 12.4. The van der Waals surface area contributed by atoms with E-state index in [-0.39, 0.29) is 22.9 Å². The molecule has 2 saturated carbocycles. The van der Waals surface area contributed by atoms with E-state index in [1.54, 1.807) is 0 Å². The minimum Gasteiger partial charge on any atom is -0.459 e. The fraction of sp³-hybridized carbons (Fsp3) is 0.578. The molecule has 5 rings (SSSR count). The van der Waals surface area contributed by atoms with Gasteiger partial charge in [0.2, 0.25) is 0 Å². The molecule has 0 aliphatic heterocycles. The van der Waals surface area contributed by atoms with Crippen molar-refractivity contribution in [3.05, 3.63) is 107 Å². The van der Waals surface area contributed by atoms with E-state index in [0.717, 1.165) is 23.0 Å². The first-order chi connectivity index (χ1) is 23.6. The van der Waals surface area contributed by atoms with Crippen LogP contribution in [0.15, 0.2) is 78.9 Å². The molecule has 1 unspecified atom stereocenters. The maximum absolute atomic E-state index is 13.1. The molecule has 1 atom stereocenters. The van der Waals surface area contributed by atoms with E-state index < -0.39 is 6.10 Å². The number of hydrogen-bond acceptors (Lipinski definition) is 4. The molecule has 0 radical (unpaired) electrons. The Morgan fingerprint density at radius 3 is 1.69 bits per heavy atom. The van der Waals surface area contributed by atoms with Crippen molar-refractivity contribution in [2.24, 2.45) is 11.8 Å². The number of benzene rings is 3. The van der Waals surface area contributed by atoms with Crippen LogP contribution in [0.5, 0.6) is 0 Å². The molecular weight excluding hydrogens is 604 g/mol. The van der Waals surface area contributed by atoms with Gasteiger partial charge < -0.3 is 4.74 Å². The monoisotopic (exact) mass is 673 g/mol. The van der Waals surface area contributed by atoms with Gasteiger partial charge in [0.15, 0.2) is 6.10 Å². The molecule has 0 heterocycles. The predicted molar refractivity (Wildman–Crippen MR) is 207 cm³/mol. The summed E-state index contributed by atoms with van der Waals surface area (Å²) in [6.45, 7) is 4.98. The molecule has 0 amide bonds. The van der Waals surface area contributed by atoms with Crippen LogP contribution in [0.25, 0.3) is 0 Å². The fourth-order valence-corrected chi connectivity index (χ4v) is 7.98. The van der Waals surface area contributed by atoms with Crippen molar-refractivity contribution in [2.45, 2.75) is 149 Å². The van der Waals surface area contributed by atoms with E-state index in [2.05, 4.69) is 50.2 Å². The standard InChI is InChI=1S/C44H60O4.CH4.2H2/c1-3-5-8-12-34-16-22-37(23-17-34)39-26-20-36(21-27-39)32-47-48-43(41-14-10-7-11-15-41)33-46-44(45)42-30-28-40(29-31-42)38-24-18-35(19-25-38)13-9-6-4-2;;;/h7,10-11,14-15,20-21,26-31,34-35,37-38,43H,3-6,8-9,12-13,16-19,22-25,32-33H2,1-2H3;1H4;2*1H. The number of carbonyl (C=O) groups excluding carboxylic acids is 1. The van der Waals surface area contributed by atoms with Crippen molar-refractivity contribution in [3.63, 3.8) is 0 Å². The van der Waals surface area contributed by atoms with Gasteiger partial charge in [-0.15, -0.1) is 0 Å². The molecular formula is C45H68O4. The molecule has 0 spiro atoms. The highest BCUT2D eigenvalue weighted by Gasteiger charge is 2.24. The molecule has 4 nitrogen and oxygen atoms in total. The highest BCUT2D eigenvalue weighted by molar-refractivity contribution is 5.89. The van der Waals surface area contributed by atoms with Crippen LogP contribution in [0.2, 0.25) is 0 Å². The summed E-state index contributed by atoms with van der Waals surface area (Å²) >= 11 is 0. The molecule has 4 heteroatoms. The first-order valence-corrected chi connectivity index (χ1v) is 19.3. The summed E-state index contributed by atoms with van der Waals surface area (Å²) in [4.78, 5) is 24.7. The second kappa shape index (κ2) is 21.3. The Kier molecular flexibility index (Phi) is 16.9. The van der Waals surface area contributed by atoms with Crippen LogP contribution in [0.1, 0.15) is 177 Å². The van der Waals surface area contributed by atoms with Gasteiger partial charge in [0.1, 0.15) is 13.2 Å². The highest BCUT2D eigenvalue weighted by atomic mass is 17.2. The van der Waals surface area contributed by atoms with Gasteiger partial charge in [-0.1, -0.05) is 139 Å². The van der Waals surface area contributed by atoms with Gasteiger partial charge in [0.05, 0.1) is 5.56 Å². The van der Waals surface area contributed by atoms with Crippen molar-refractivity contribution in [1.82, 2.24) is 0 Å². The lowest BCUT2D eigenvalue weighted by molar-refractivity contribution is -0.340. The van der Waals surface area contributed by atoms with Gasteiger partial charge in [-0.3, -0.25) is 0 Å². The van der Waals surface area contributed by atoms with Crippen LogP contribution in [0.3, 0.4) is 0 Å². The maximum atomic E-state index is 13.1. The predicted octanol–water partition coefficient (Wildman–Crippen LogP) is 13.6. The molecule has 272 valence electrons. The molecule has 0 aromatic heterocycles. The van der Waals surface area contributed by atoms with Crippen LogP contribution in [0, 0.1) is 11.8 Å². The van der Waals surface area contributed by atoms with Crippen LogP contribution in [0.4, 0.5) is 0 Å². The van der Waals surface area contributed by atoms with Gasteiger partial charge in [-0.25, -0.2) is 14.6 Å². The summed E-state index contributed by atoms with van der Waals surface area (Å²) in [5.74, 6) is 2.76. The molecule has 2 aliphatic carbocycles. The number of unbranched alkanes of at least 4 members (excludes halogenated alkanes) is 4. The summed E-state index contributed by atoms with van der Waals surface area (Å²) in [5.41, 5.74) is 5.34. The quantitative estimate of drug-likeness (QED) is 0.0584. The Hall–Kier alpha value is -2.95. The van der Waals surface area contributed by atoms with Crippen molar-refractivity contribution in [2.75, 3.05) is 6.61 Å². The Labute approximate surface area is 301 Å². The molecule has 0 N–H and O–H groups in total. The van der Waals surface area contributed by atoms with Crippen LogP contribution in [-0.4, -0.2) is 12.6 Å². The molecule has 0 bridgehead atoms. The Morgan fingerprint density at radius 2 is 1.18 bits per heavy atom.